The molecule has 0 saturated heterocycles. The summed E-state index contributed by atoms with van der Waals surface area (Å²) in [6.45, 7) is 4.65. The molecule has 0 aliphatic carbocycles. The molecule has 0 aliphatic heterocycles. The van der Waals surface area contributed by atoms with E-state index < -0.39 is 0 Å². The molecule has 0 aromatic carbocycles. The van der Waals surface area contributed by atoms with Crippen molar-refractivity contribution in [3.63, 3.8) is 0 Å². The number of aromatic nitrogens is 4. The molecular weight excluding hydrogens is 198 g/mol. The van der Waals surface area contributed by atoms with E-state index in [1.807, 2.05) is 6.92 Å². The second kappa shape index (κ2) is 3.38. The molecular formula is C8H11N5S. The van der Waals surface area contributed by atoms with Gasteiger partial charge in [0.2, 0.25) is 0 Å². The maximum absolute atomic E-state index is 5.46. The fourth-order valence-electron chi connectivity index (χ4n) is 1.11. The summed E-state index contributed by atoms with van der Waals surface area (Å²) in [6, 6.07) is 0. The Balaban J connectivity index is 2.18. The van der Waals surface area contributed by atoms with E-state index in [4.69, 9.17) is 5.73 Å². The van der Waals surface area contributed by atoms with Crippen LogP contribution in [0.3, 0.4) is 0 Å². The van der Waals surface area contributed by atoms with E-state index in [9.17, 15) is 0 Å². The van der Waals surface area contributed by atoms with Crippen molar-refractivity contribution in [3.05, 3.63) is 21.8 Å². The molecule has 0 spiro atoms. The standard InChI is InChI=1S/C8H11N5S/c1-5-6(2)14-8(11-5)4-13-10-3-7(9)12-13/h3H,4H2,1-2H3,(H2,9,12). The van der Waals surface area contributed by atoms with Gasteiger partial charge in [0.15, 0.2) is 5.82 Å². The summed E-state index contributed by atoms with van der Waals surface area (Å²) in [6.07, 6.45) is 1.54. The Bertz CT molecular complexity index is 425. The number of rotatable bonds is 2. The average molecular weight is 209 g/mol. The number of nitrogen functional groups attached to an aromatic ring is 1. The van der Waals surface area contributed by atoms with E-state index in [-0.39, 0.29) is 0 Å². The zero-order valence-corrected chi connectivity index (χ0v) is 8.88. The minimum Gasteiger partial charge on any atom is -0.381 e. The van der Waals surface area contributed by atoms with Gasteiger partial charge in [-0.25, -0.2) is 4.98 Å². The van der Waals surface area contributed by atoms with Gasteiger partial charge in [-0.2, -0.15) is 9.90 Å². The van der Waals surface area contributed by atoms with Gasteiger partial charge in [-0.05, 0) is 13.8 Å². The third-order valence-electron chi connectivity index (χ3n) is 1.90. The molecule has 6 heteroatoms. The Kier molecular flexibility index (Phi) is 2.20. The summed E-state index contributed by atoms with van der Waals surface area (Å²) in [4.78, 5) is 7.18. The lowest BCUT2D eigenvalue weighted by molar-refractivity contribution is 0.590. The van der Waals surface area contributed by atoms with Gasteiger partial charge in [-0.3, -0.25) is 0 Å². The Morgan fingerprint density at radius 3 is 2.79 bits per heavy atom. The number of hydrogen-bond acceptors (Lipinski definition) is 5. The van der Waals surface area contributed by atoms with E-state index in [1.165, 1.54) is 11.1 Å². The van der Waals surface area contributed by atoms with Crippen LogP contribution in [0.1, 0.15) is 15.6 Å². The molecule has 2 heterocycles. The summed E-state index contributed by atoms with van der Waals surface area (Å²) < 4.78 is 0. The Morgan fingerprint density at radius 2 is 2.29 bits per heavy atom. The van der Waals surface area contributed by atoms with Gasteiger partial charge >= 0.3 is 0 Å². The van der Waals surface area contributed by atoms with Crippen LogP contribution in [-0.2, 0) is 6.54 Å². The number of aryl methyl sites for hydroxylation is 2. The van der Waals surface area contributed by atoms with Gasteiger partial charge in [-0.15, -0.1) is 16.4 Å². The van der Waals surface area contributed by atoms with Crippen molar-refractivity contribution >= 4 is 17.2 Å². The summed E-state index contributed by atoms with van der Waals surface area (Å²) in [5.74, 6) is 0.440. The number of thiazole rings is 1. The number of anilines is 1. The molecule has 2 rings (SSSR count). The fourth-order valence-corrected chi connectivity index (χ4v) is 2.02. The van der Waals surface area contributed by atoms with Crippen LogP contribution in [-0.4, -0.2) is 20.0 Å². The number of hydrogen-bond donors (Lipinski definition) is 1. The zero-order valence-electron chi connectivity index (χ0n) is 8.06. The smallest absolute Gasteiger partial charge is 0.165 e. The Labute approximate surface area is 85.6 Å². The van der Waals surface area contributed by atoms with Crippen LogP contribution < -0.4 is 5.73 Å². The first-order valence-corrected chi connectivity index (χ1v) is 5.05. The highest BCUT2D eigenvalue weighted by molar-refractivity contribution is 7.11. The number of nitrogens with two attached hydrogens (primary N) is 1. The lowest BCUT2D eigenvalue weighted by atomic mass is 10.4. The molecule has 2 aromatic rings. The third kappa shape index (κ3) is 1.74. The lowest BCUT2D eigenvalue weighted by Gasteiger charge is -1.93. The predicted octanol–water partition coefficient (Wildman–Crippen LogP) is 0.982. The molecule has 2 N–H and O–H groups in total. The Hall–Kier alpha value is -1.43. The van der Waals surface area contributed by atoms with E-state index in [1.54, 1.807) is 16.1 Å². The van der Waals surface area contributed by atoms with Crippen LogP contribution >= 0.6 is 11.3 Å². The van der Waals surface area contributed by atoms with Gasteiger partial charge in [-0.1, -0.05) is 0 Å². The SMILES string of the molecule is Cc1nc(Cn2ncc(N)n2)sc1C. The highest BCUT2D eigenvalue weighted by atomic mass is 32.1. The van der Waals surface area contributed by atoms with Gasteiger partial charge in [0.1, 0.15) is 11.6 Å². The molecule has 5 nitrogen and oxygen atoms in total. The van der Waals surface area contributed by atoms with E-state index in [0.717, 1.165) is 10.7 Å². The fraction of sp³-hybridized carbons (Fsp3) is 0.375. The van der Waals surface area contributed by atoms with Crippen molar-refractivity contribution in [2.45, 2.75) is 20.4 Å². The molecule has 0 saturated carbocycles. The van der Waals surface area contributed by atoms with Crippen LogP contribution in [0, 0.1) is 13.8 Å². The van der Waals surface area contributed by atoms with Gasteiger partial charge in [0, 0.05) is 4.88 Å². The first-order chi connectivity index (χ1) is 6.65. The molecule has 0 amide bonds. The van der Waals surface area contributed by atoms with Gasteiger partial charge in [0.25, 0.3) is 0 Å². The molecule has 0 fully saturated rings. The van der Waals surface area contributed by atoms with Crippen LogP contribution in [0.2, 0.25) is 0 Å². The van der Waals surface area contributed by atoms with Crippen molar-refractivity contribution in [2.75, 3.05) is 5.73 Å². The van der Waals surface area contributed by atoms with Crippen LogP contribution in [0.25, 0.3) is 0 Å². The normalized spacial score (nSPS) is 10.7. The molecule has 0 radical (unpaired) electrons. The van der Waals surface area contributed by atoms with Gasteiger partial charge in [0.05, 0.1) is 11.9 Å². The second-order valence-electron chi connectivity index (χ2n) is 3.05. The lowest BCUT2D eigenvalue weighted by Crippen LogP contribution is -2.03. The molecule has 74 valence electrons. The van der Waals surface area contributed by atoms with Crippen molar-refractivity contribution in [2.24, 2.45) is 0 Å². The van der Waals surface area contributed by atoms with Crippen LogP contribution in [0.4, 0.5) is 5.82 Å². The molecule has 0 atom stereocenters. The summed E-state index contributed by atoms with van der Waals surface area (Å²) in [5, 5.41) is 9.00. The monoisotopic (exact) mass is 209 g/mol. The quantitative estimate of drug-likeness (QED) is 0.800. The van der Waals surface area contributed by atoms with Crippen LogP contribution in [0.15, 0.2) is 6.20 Å². The Morgan fingerprint density at radius 1 is 1.50 bits per heavy atom. The topological polar surface area (TPSA) is 69.6 Å². The van der Waals surface area contributed by atoms with E-state index in [0.29, 0.717) is 12.4 Å². The minimum absolute atomic E-state index is 0.440. The summed E-state index contributed by atoms with van der Waals surface area (Å²) in [5.41, 5.74) is 6.53. The minimum atomic E-state index is 0.440. The maximum Gasteiger partial charge on any atom is 0.165 e. The largest absolute Gasteiger partial charge is 0.381 e. The molecule has 0 unspecified atom stereocenters. The van der Waals surface area contributed by atoms with Crippen molar-refractivity contribution < 1.29 is 0 Å². The van der Waals surface area contributed by atoms with Gasteiger partial charge < -0.3 is 5.73 Å². The molecule has 0 aliphatic rings. The highest BCUT2D eigenvalue weighted by Gasteiger charge is 2.05. The first kappa shape index (κ1) is 9.14. The third-order valence-corrected chi connectivity index (χ3v) is 2.96. The molecule has 0 bridgehead atoms. The number of nitrogens with zero attached hydrogens (tertiary/aromatic N) is 4. The zero-order chi connectivity index (χ0) is 10.1. The predicted molar refractivity (Wildman–Crippen MR) is 55.1 cm³/mol. The van der Waals surface area contributed by atoms with E-state index >= 15 is 0 Å². The first-order valence-electron chi connectivity index (χ1n) is 4.23. The van der Waals surface area contributed by atoms with Crippen molar-refractivity contribution in [3.8, 4) is 0 Å². The summed E-state index contributed by atoms with van der Waals surface area (Å²) >= 11 is 1.67. The highest BCUT2D eigenvalue weighted by Crippen LogP contribution is 2.16. The van der Waals surface area contributed by atoms with Crippen molar-refractivity contribution in [1.82, 2.24) is 20.0 Å². The van der Waals surface area contributed by atoms with Crippen molar-refractivity contribution in [1.29, 1.82) is 0 Å². The molecule has 14 heavy (non-hydrogen) atoms. The summed E-state index contributed by atoms with van der Waals surface area (Å²) in [7, 11) is 0. The van der Waals surface area contributed by atoms with E-state index in [2.05, 4.69) is 22.1 Å². The maximum atomic E-state index is 5.46. The molecule has 2 aromatic heterocycles. The average Bonchev–Trinajstić information content (AvgIpc) is 2.62. The van der Waals surface area contributed by atoms with Crippen LogP contribution in [0.5, 0.6) is 0 Å². The second-order valence-corrected chi connectivity index (χ2v) is 4.34.